The summed E-state index contributed by atoms with van der Waals surface area (Å²) in [4.78, 5) is 0.784. The first-order chi connectivity index (χ1) is 9.47. The summed E-state index contributed by atoms with van der Waals surface area (Å²) in [6, 6.07) is 9.46. The van der Waals surface area contributed by atoms with Crippen molar-refractivity contribution >= 4 is 17.6 Å². The lowest BCUT2D eigenvalue weighted by atomic mass is 9.70. The van der Waals surface area contributed by atoms with E-state index in [2.05, 4.69) is 25.2 Å². The second-order valence-electron chi connectivity index (χ2n) is 6.79. The van der Waals surface area contributed by atoms with Gasteiger partial charge in [0.05, 0.1) is 6.21 Å². The van der Waals surface area contributed by atoms with Crippen molar-refractivity contribution in [1.29, 1.82) is 0 Å². The first-order valence-electron chi connectivity index (χ1n) is 7.48. The van der Waals surface area contributed by atoms with Crippen LogP contribution in [0.1, 0.15) is 46.5 Å². The van der Waals surface area contributed by atoms with E-state index in [-0.39, 0.29) is 0 Å². The van der Waals surface area contributed by atoms with Gasteiger partial charge in [0.1, 0.15) is 11.4 Å². The van der Waals surface area contributed by atoms with Crippen molar-refractivity contribution in [3.8, 4) is 0 Å². The van der Waals surface area contributed by atoms with Crippen LogP contribution in [0.4, 0.5) is 0 Å². The van der Waals surface area contributed by atoms with Crippen molar-refractivity contribution in [3.05, 3.63) is 30.3 Å². The van der Waals surface area contributed by atoms with E-state index in [0.717, 1.165) is 10.8 Å². The van der Waals surface area contributed by atoms with E-state index >= 15 is 0 Å². The van der Waals surface area contributed by atoms with Gasteiger partial charge in [-0.2, -0.15) is 0 Å². The van der Waals surface area contributed by atoms with Crippen LogP contribution in [0.15, 0.2) is 39.6 Å². The van der Waals surface area contributed by atoms with Crippen molar-refractivity contribution in [3.63, 3.8) is 0 Å². The minimum atomic E-state index is -1.24. The molecule has 1 aliphatic carbocycles. The molecule has 1 aromatic carbocycles. The topological polar surface area (TPSA) is 35.4 Å². The van der Waals surface area contributed by atoms with Crippen molar-refractivity contribution in [2.45, 2.75) is 51.3 Å². The molecule has 1 aromatic rings. The Morgan fingerprint density at radius 1 is 1.10 bits per heavy atom. The lowest BCUT2D eigenvalue weighted by Crippen LogP contribution is -2.26. The standard InChI is InChI=1S/C17H25NOS/c1-17(2,3)15-11-9-14(10-12-15)13-18-20(19)16-7-5-4-6-8-16/h4-8,13-15H,9-12H2,1-3H3/b18-13+/t14-,15-,20-/m0/s1. The Morgan fingerprint density at radius 3 is 2.25 bits per heavy atom. The summed E-state index contributed by atoms with van der Waals surface area (Å²) in [5.74, 6) is 1.31. The van der Waals surface area contributed by atoms with Crippen LogP contribution < -0.4 is 0 Å². The Kier molecular flexibility index (Phi) is 5.28. The second kappa shape index (κ2) is 6.77. The molecule has 1 fully saturated rings. The van der Waals surface area contributed by atoms with Gasteiger partial charge in [0.25, 0.3) is 0 Å². The summed E-state index contributed by atoms with van der Waals surface area (Å²) < 4.78 is 16.3. The zero-order valence-electron chi connectivity index (χ0n) is 12.7. The molecule has 0 aromatic heterocycles. The molecule has 0 N–H and O–H groups in total. The quantitative estimate of drug-likeness (QED) is 0.590. The molecule has 3 heteroatoms. The number of hydrogen-bond acceptors (Lipinski definition) is 2. The van der Waals surface area contributed by atoms with Gasteiger partial charge in [-0.1, -0.05) is 43.4 Å². The fourth-order valence-electron chi connectivity index (χ4n) is 2.87. The number of rotatable bonds is 3. The molecule has 0 saturated heterocycles. The summed E-state index contributed by atoms with van der Waals surface area (Å²) in [6.45, 7) is 6.99. The maximum atomic E-state index is 12.0. The lowest BCUT2D eigenvalue weighted by molar-refractivity contribution is 0.168. The van der Waals surface area contributed by atoms with Crippen LogP contribution in [0.5, 0.6) is 0 Å². The molecule has 2 rings (SSSR count). The van der Waals surface area contributed by atoms with Crippen molar-refractivity contribution < 1.29 is 4.55 Å². The maximum Gasteiger partial charge on any atom is 0.182 e. The van der Waals surface area contributed by atoms with Crippen LogP contribution in [0.3, 0.4) is 0 Å². The van der Waals surface area contributed by atoms with Gasteiger partial charge in [0.15, 0.2) is 4.90 Å². The molecule has 0 aliphatic heterocycles. The number of nitrogens with zero attached hydrogens (tertiary/aromatic N) is 1. The normalized spacial score (nSPS) is 25.8. The van der Waals surface area contributed by atoms with Gasteiger partial charge in [-0.15, -0.1) is 0 Å². The molecule has 0 spiro atoms. The van der Waals surface area contributed by atoms with Gasteiger partial charge in [-0.3, -0.25) is 0 Å². The molecule has 0 bridgehead atoms. The molecule has 0 radical (unpaired) electrons. The van der Waals surface area contributed by atoms with Gasteiger partial charge in [-0.25, -0.2) is 0 Å². The van der Waals surface area contributed by atoms with E-state index in [1.165, 1.54) is 25.7 Å². The van der Waals surface area contributed by atoms with Crippen LogP contribution >= 0.6 is 0 Å². The zero-order valence-corrected chi connectivity index (χ0v) is 13.5. The zero-order chi connectivity index (χ0) is 14.6. The molecule has 1 atom stereocenters. The Labute approximate surface area is 126 Å². The maximum absolute atomic E-state index is 12.0. The summed E-state index contributed by atoms with van der Waals surface area (Å²) in [5.41, 5.74) is 0.412. The predicted octanol–water partition coefficient (Wildman–Crippen LogP) is 4.63. The minimum Gasteiger partial charge on any atom is -0.586 e. The van der Waals surface area contributed by atoms with E-state index in [0.29, 0.717) is 11.3 Å². The lowest BCUT2D eigenvalue weighted by Gasteiger charge is -2.35. The summed E-state index contributed by atoms with van der Waals surface area (Å²) in [7, 11) is 0. The second-order valence-corrected chi connectivity index (χ2v) is 7.97. The van der Waals surface area contributed by atoms with Crippen LogP contribution in [0, 0.1) is 17.3 Å². The molecular formula is C17H25NOS. The third-order valence-corrected chi connectivity index (χ3v) is 5.30. The molecule has 2 nitrogen and oxygen atoms in total. The average molecular weight is 291 g/mol. The summed E-state index contributed by atoms with van der Waals surface area (Å²) in [5, 5.41) is 0. The van der Waals surface area contributed by atoms with Gasteiger partial charge >= 0.3 is 0 Å². The van der Waals surface area contributed by atoms with E-state index < -0.39 is 11.4 Å². The van der Waals surface area contributed by atoms with Crippen LogP contribution in [-0.4, -0.2) is 10.8 Å². The minimum absolute atomic E-state index is 0.412. The Hall–Kier alpha value is -0.800. The Morgan fingerprint density at radius 2 is 1.70 bits per heavy atom. The SMILES string of the molecule is CC(C)(C)[C@H]1CC[C@H](/C=N/[S@@+]([O-])c2ccccc2)CC1. The van der Waals surface area contributed by atoms with Crippen LogP contribution in [0.25, 0.3) is 0 Å². The van der Waals surface area contributed by atoms with Gasteiger partial charge in [0.2, 0.25) is 0 Å². The third-order valence-electron chi connectivity index (χ3n) is 4.31. The van der Waals surface area contributed by atoms with Gasteiger partial charge in [-0.05, 0) is 55.1 Å². The van der Waals surface area contributed by atoms with Crippen molar-refractivity contribution in [2.75, 3.05) is 0 Å². The van der Waals surface area contributed by atoms with Crippen LogP contribution in [0.2, 0.25) is 0 Å². The highest BCUT2D eigenvalue weighted by atomic mass is 32.2. The van der Waals surface area contributed by atoms with Gasteiger partial charge < -0.3 is 4.55 Å². The number of hydrogen-bond donors (Lipinski definition) is 0. The summed E-state index contributed by atoms with van der Waals surface area (Å²) >= 11 is -1.24. The molecule has 0 amide bonds. The van der Waals surface area contributed by atoms with Gasteiger partial charge in [0, 0.05) is 0 Å². The van der Waals surface area contributed by atoms with Crippen molar-refractivity contribution in [1.82, 2.24) is 0 Å². The van der Waals surface area contributed by atoms with E-state index in [9.17, 15) is 4.55 Å². The largest absolute Gasteiger partial charge is 0.586 e. The molecule has 0 unspecified atom stereocenters. The first kappa shape index (κ1) is 15.6. The molecule has 1 aliphatic rings. The van der Waals surface area contributed by atoms with Crippen LogP contribution in [-0.2, 0) is 11.4 Å². The third kappa shape index (κ3) is 4.35. The van der Waals surface area contributed by atoms with E-state index in [4.69, 9.17) is 0 Å². The number of benzene rings is 1. The van der Waals surface area contributed by atoms with E-state index in [1.54, 1.807) is 0 Å². The smallest absolute Gasteiger partial charge is 0.182 e. The molecule has 1 saturated carbocycles. The fourth-order valence-corrected chi connectivity index (χ4v) is 3.67. The first-order valence-corrected chi connectivity index (χ1v) is 8.58. The molecule has 0 heterocycles. The van der Waals surface area contributed by atoms with Crippen molar-refractivity contribution in [2.24, 2.45) is 21.6 Å². The Balaban J connectivity index is 1.85. The molecule has 20 heavy (non-hydrogen) atoms. The monoisotopic (exact) mass is 291 g/mol. The predicted molar refractivity (Wildman–Crippen MR) is 86.2 cm³/mol. The highest BCUT2D eigenvalue weighted by Gasteiger charge is 2.29. The highest BCUT2D eigenvalue weighted by molar-refractivity contribution is 7.90. The average Bonchev–Trinajstić information content (AvgIpc) is 2.45. The Bertz CT molecular complexity index is 430. The highest BCUT2D eigenvalue weighted by Crippen LogP contribution is 2.39. The molecule has 110 valence electrons. The fraction of sp³-hybridized carbons (Fsp3) is 0.588. The molecular weight excluding hydrogens is 266 g/mol. The van der Waals surface area contributed by atoms with E-state index in [1.807, 2.05) is 36.5 Å². The summed E-state index contributed by atoms with van der Waals surface area (Å²) in [6.07, 6.45) is 6.81.